The van der Waals surface area contributed by atoms with Crippen LogP contribution in [0, 0.1) is 0 Å². The molecule has 310 valence electrons. The molecular formula is C61H41N5. The summed E-state index contributed by atoms with van der Waals surface area (Å²) in [5, 5.41) is 2.48. The third-order valence-corrected chi connectivity index (χ3v) is 13.1. The fourth-order valence-corrected chi connectivity index (χ4v) is 9.96. The summed E-state index contributed by atoms with van der Waals surface area (Å²) in [4.78, 5) is 7.70. The molecule has 0 saturated heterocycles. The van der Waals surface area contributed by atoms with Gasteiger partial charge in [-0.3, -0.25) is 8.97 Å². The highest BCUT2D eigenvalue weighted by molar-refractivity contribution is 6.10. The SMILES string of the molecule is c1ccc(-c2ccc(N(c3ccc(-c4ccccc4)cc3)c3ccc(-c4ccc(-n5c6ccccc6n6c7c(-n8c9ccccc9c9ccccc98)cccc7nc56)cc4)cc3)cc2)cc1. The van der Waals surface area contributed by atoms with E-state index in [0.717, 1.165) is 67.4 Å². The van der Waals surface area contributed by atoms with Gasteiger partial charge in [-0.25, -0.2) is 4.98 Å². The molecular weight excluding hydrogens is 803 g/mol. The number of benzene rings is 10. The Kier molecular flexibility index (Phi) is 8.78. The van der Waals surface area contributed by atoms with Crippen LogP contribution in [-0.2, 0) is 0 Å². The minimum absolute atomic E-state index is 0.880. The summed E-state index contributed by atoms with van der Waals surface area (Å²) >= 11 is 0. The summed E-state index contributed by atoms with van der Waals surface area (Å²) in [6, 6.07) is 89.1. The smallest absolute Gasteiger partial charge is 0.220 e. The van der Waals surface area contributed by atoms with Gasteiger partial charge in [0.1, 0.15) is 0 Å². The van der Waals surface area contributed by atoms with Crippen LogP contribution in [0.25, 0.3) is 94.4 Å². The van der Waals surface area contributed by atoms with Gasteiger partial charge in [-0.2, -0.15) is 0 Å². The van der Waals surface area contributed by atoms with Crippen LogP contribution < -0.4 is 4.90 Å². The number of para-hydroxylation sites is 5. The summed E-state index contributed by atoms with van der Waals surface area (Å²) in [6.45, 7) is 0. The molecule has 10 aromatic carbocycles. The highest BCUT2D eigenvalue weighted by Crippen LogP contribution is 2.40. The lowest BCUT2D eigenvalue weighted by Gasteiger charge is -2.26. The van der Waals surface area contributed by atoms with Crippen LogP contribution in [0.15, 0.2) is 249 Å². The second-order valence-electron chi connectivity index (χ2n) is 16.8. The Labute approximate surface area is 381 Å². The van der Waals surface area contributed by atoms with E-state index in [-0.39, 0.29) is 0 Å². The molecule has 0 aliphatic heterocycles. The van der Waals surface area contributed by atoms with Crippen LogP contribution in [-0.4, -0.2) is 18.5 Å². The fraction of sp³-hybridized carbons (Fsp3) is 0. The van der Waals surface area contributed by atoms with E-state index in [9.17, 15) is 0 Å². The van der Waals surface area contributed by atoms with Crippen molar-refractivity contribution in [1.82, 2.24) is 18.5 Å². The summed E-state index contributed by atoms with van der Waals surface area (Å²) in [7, 11) is 0. The monoisotopic (exact) mass is 843 g/mol. The summed E-state index contributed by atoms with van der Waals surface area (Å²) in [6.07, 6.45) is 0. The maximum atomic E-state index is 5.36. The van der Waals surface area contributed by atoms with Gasteiger partial charge in [0.15, 0.2) is 0 Å². The molecule has 5 heteroatoms. The van der Waals surface area contributed by atoms with Gasteiger partial charge in [0.2, 0.25) is 5.78 Å². The van der Waals surface area contributed by atoms with Crippen LogP contribution in [0.4, 0.5) is 17.1 Å². The highest BCUT2D eigenvalue weighted by Gasteiger charge is 2.22. The van der Waals surface area contributed by atoms with Gasteiger partial charge in [0.05, 0.1) is 38.8 Å². The highest BCUT2D eigenvalue weighted by atomic mass is 15.2. The number of nitrogens with zero attached hydrogens (tertiary/aromatic N) is 5. The lowest BCUT2D eigenvalue weighted by molar-refractivity contribution is 1.11. The van der Waals surface area contributed by atoms with Gasteiger partial charge in [-0.1, -0.05) is 164 Å². The molecule has 13 aromatic rings. The molecule has 0 aliphatic carbocycles. The zero-order valence-electron chi connectivity index (χ0n) is 35.9. The molecule has 0 spiro atoms. The second kappa shape index (κ2) is 15.4. The molecule has 0 fully saturated rings. The zero-order chi connectivity index (χ0) is 43.6. The van der Waals surface area contributed by atoms with Crippen molar-refractivity contribution in [3.8, 4) is 44.8 Å². The lowest BCUT2D eigenvalue weighted by atomic mass is 10.0. The quantitative estimate of drug-likeness (QED) is 0.153. The van der Waals surface area contributed by atoms with Gasteiger partial charge in [0, 0.05) is 33.5 Å². The number of rotatable bonds is 8. The first-order valence-electron chi connectivity index (χ1n) is 22.5. The Hall–Kier alpha value is -8.93. The van der Waals surface area contributed by atoms with Crippen LogP contribution in [0.3, 0.4) is 0 Å². The minimum Gasteiger partial charge on any atom is -0.311 e. The zero-order valence-corrected chi connectivity index (χ0v) is 35.9. The van der Waals surface area contributed by atoms with Crippen molar-refractivity contribution in [3.63, 3.8) is 0 Å². The lowest BCUT2D eigenvalue weighted by Crippen LogP contribution is -2.09. The maximum Gasteiger partial charge on any atom is 0.220 e. The first kappa shape index (κ1) is 37.6. The molecule has 0 aliphatic rings. The van der Waals surface area contributed by atoms with Gasteiger partial charge < -0.3 is 9.47 Å². The van der Waals surface area contributed by atoms with Crippen molar-refractivity contribution >= 4 is 66.7 Å². The largest absolute Gasteiger partial charge is 0.311 e. The molecule has 0 radical (unpaired) electrons. The average Bonchev–Trinajstić information content (AvgIpc) is 4.05. The van der Waals surface area contributed by atoms with Crippen molar-refractivity contribution in [2.24, 2.45) is 0 Å². The van der Waals surface area contributed by atoms with Gasteiger partial charge in [-0.05, 0) is 118 Å². The Morgan fingerprint density at radius 2 is 0.712 bits per heavy atom. The number of hydrogen-bond acceptors (Lipinski definition) is 2. The van der Waals surface area contributed by atoms with E-state index in [4.69, 9.17) is 4.98 Å². The topological polar surface area (TPSA) is 30.4 Å². The van der Waals surface area contributed by atoms with Crippen LogP contribution in [0.2, 0.25) is 0 Å². The van der Waals surface area contributed by atoms with Crippen molar-refractivity contribution in [3.05, 3.63) is 249 Å². The molecule has 0 atom stereocenters. The number of fused-ring (bicyclic) bond motifs is 8. The molecule has 0 N–H and O–H groups in total. The van der Waals surface area contributed by atoms with Crippen molar-refractivity contribution in [1.29, 1.82) is 0 Å². The number of anilines is 3. The molecule has 0 unspecified atom stereocenters. The Balaban J connectivity index is 0.873. The van der Waals surface area contributed by atoms with Crippen LogP contribution in [0.1, 0.15) is 0 Å². The Morgan fingerprint density at radius 1 is 0.303 bits per heavy atom. The first-order valence-corrected chi connectivity index (χ1v) is 22.5. The number of imidazole rings is 2. The van der Waals surface area contributed by atoms with Crippen LogP contribution >= 0.6 is 0 Å². The average molecular weight is 844 g/mol. The molecule has 0 bridgehead atoms. The number of aromatic nitrogens is 4. The van der Waals surface area contributed by atoms with Gasteiger partial charge in [0.25, 0.3) is 0 Å². The van der Waals surface area contributed by atoms with Gasteiger partial charge in [-0.15, -0.1) is 0 Å². The van der Waals surface area contributed by atoms with E-state index in [2.05, 4.69) is 267 Å². The summed E-state index contributed by atoms with van der Waals surface area (Å²) in [5.41, 5.74) is 19.1. The third-order valence-electron chi connectivity index (χ3n) is 13.1. The molecule has 13 rings (SSSR count). The third kappa shape index (κ3) is 6.13. The predicted molar refractivity (Wildman–Crippen MR) is 275 cm³/mol. The molecule has 66 heavy (non-hydrogen) atoms. The van der Waals surface area contributed by atoms with E-state index in [1.54, 1.807) is 0 Å². The molecule has 5 nitrogen and oxygen atoms in total. The summed E-state index contributed by atoms with van der Waals surface area (Å²) < 4.78 is 7.03. The van der Waals surface area contributed by atoms with Gasteiger partial charge >= 0.3 is 0 Å². The van der Waals surface area contributed by atoms with E-state index < -0.39 is 0 Å². The van der Waals surface area contributed by atoms with Crippen LogP contribution in [0.5, 0.6) is 0 Å². The molecule has 3 heterocycles. The van der Waals surface area contributed by atoms with Crippen molar-refractivity contribution < 1.29 is 0 Å². The fourth-order valence-electron chi connectivity index (χ4n) is 9.96. The van der Waals surface area contributed by atoms with E-state index in [0.29, 0.717) is 0 Å². The van der Waals surface area contributed by atoms with Crippen molar-refractivity contribution in [2.45, 2.75) is 0 Å². The second-order valence-corrected chi connectivity index (χ2v) is 16.8. The van der Waals surface area contributed by atoms with E-state index >= 15 is 0 Å². The maximum absolute atomic E-state index is 5.36. The van der Waals surface area contributed by atoms with E-state index in [1.165, 1.54) is 44.1 Å². The predicted octanol–water partition coefficient (Wildman–Crippen LogP) is 16.0. The Bertz CT molecular complexity index is 3740. The van der Waals surface area contributed by atoms with Crippen molar-refractivity contribution in [2.75, 3.05) is 4.90 Å². The Morgan fingerprint density at radius 3 is 1.21 bits per heavy atom. The van der Waals surface area contributed by atoms with E-state index in [1.807, 2.05) is 0 Å². The summed E-state index contributed by atoms with van der Waals surface area (Å²) in [5.74, 6) is 0.880. The molecule has 0 amide bonds. The molecule has 0 saturated carbocycles. The normalized spacial score (nSPS) is 11.6. The standard InChI is InChI=1S/C61H41N5/c1-3-14-42(15-4-1)44-26-34-48(35-27-44)63(49-36-28-45(29-37-49)43-16-5-2-6-17-43)50-38-30-46(31-39-50)47-32-40-51(41-33-47)64-57-23-11-12-24-58(57)66-60-54(62-61(64)66)20-13-25-59(60)65-55-21-9-7-18-52(55)53-19-8-10-22-56(53)65/h1-41H. The minimum atomic E-state index is 0.880. The number of hydrogen-bond donors (Lipinski definition) is 0. The molecule has 3 aromatic heterocycles. The first-order chi connectivity index (χ1) is 32.7.